The van der Waals surface area contributed by atoms with E-state index in [9.17, 15) is 4.79 Å². The maximum atomic E-state index is 15.1. The van der Waals surface area contributed by atoms with Crippen LogP contribution < -0.4 is 0 Å². The predicted octanol–water partition coefficient (Wildman–Crippen LogP) is 3.08. The summed E-state index contributed by atoms with van der Waals surface area (Å²) in [7, 11) is 0. The number of hydrogen-bond donors (Lipinski definition) is 1. The second-order valence-electron chi connectivity index (χ2n) is 7.84. The highest BCUT2D eigenvalue weighted by Gasteiger charge is 2.37. The van der Waals surface area contributed by atoms with Gasteiger partial charge in [-0.15, -0.1) is 0 Å². The number of esters is 1. The fourth-order valence-corrected chi connectivity index (χ4v) is 3.69. The van der Waals surface area contributed by atoms with E-state index in [4.69, 9.17) is 9.84 Å². The molecule has 30 heavy (non-hydrogen) atoms. The monoisotopic (exact) mass is 414 g/mol. The summed E-state index contributed by atoms with van der Waals surface area (Å²) in [5, 5.41) is 8.99. The van der Waals surface area contributed by atoms with Gasteiger partial charge in [0.1, 0.15) is 0 Å². The van der Waals surface area contributed by atoms with Crippen LogP contribution in [0.5, 0.6) is 0 Å². The number of halogens is 1. The third kappa shape index (κ3) is 5.88. The van der Waals surface area contributed by atoms with Crippen molar-refractivity contribution in [3.05, 3.63) is 60.2 Å². The van der Waals surface area contributed by atoms with Crippen LogP contribution in [0.1, 0.15) is 18.9 Å². The van der Waals surface area contributed by atoms with E-state index in [1.807, 2.05) is 42.5 Å². The number of aliphatic hydroxyl groups excluding tert-OH is 1. The van der Waals surface area contributed by atoms with E-state index < -0.39 is 11.6 Å². The first-order valence-electron chi connectivity index (χ1n) is 10.6. The molecule has 0 saturated carbocycles. The minimum Gasteiger partial charge on any atom is -0.463 e. The molecule has 0 spiro atoms. The first-order valence-corrected chi connectivity index (χ1v) is 10.6. The molecule has 1 aliphatic heterocycles. The minimum atomic E-state index is -2.18. The summed E-state index contributed by atoms with van der Waals surface area (Å²) < 4.78 is 20.4. The molecule has 162 valence electrons. The zero-order chi connectivity index (χ0) is 21.4. The third-order valence-corrected chi connectivity index (χ3v) is 5.65. The number of benzene rings is 2. The summed E-state index contributed by atoms with van der Waals surface area (Å²) >= 11 is 0. The van der Waals surface area contributed by atoms with E-state index in [1.165, 1.54) is 6.92 Å². The SMILES string of the molecule is CC(F)(C(=O)OCCCN1CCN(CCO)CC1)c1ccc(-c2ccccc2)cc1. The van der Waals surface area contributed by atoms with E-state index in [2.05, 4.69) is 9.80 Å². The van der Waals surface area contributed by atoms with Gasteiger partial charge in [-0.3, -0.25) is 4.90 Å². The van der Waals surface area contributed by atoms with Gasteiger partial charge < -0.3 is 14.7 Å². The standard InChI is InChI=1S/C24H31FN2O3/c1-24(25,22-10-8-21(9-11-22)20-6-3-2-4-7-20)23(29)30-19-5-12-26-13-15-27(16-14-26)17-18-28/h2-4,6-11,28H,5,12-19H2,1H3. The van der Waals surface area contributed by atoms with Crippen LogP contribution in [0.3, 0.4) is 0 Å². The third-order valence-electron chi connectivity index (χ3n) is 5.65. The number of rotatable bonds is 9. The quantitative estimate of drug-likeness (QED) is 0.505. The number of piperazine rings is 1. The lowest BCUT2D eigenvalue weighted by Gasteiger charge is -2.34. The fraction of sp³-hybridized carbons (Fsp3) is 0.458. The summed E-state index contributed by atoms with van der Waals surface area (Å²) in [5.74, 6) is -0.845. The number of alkyl halides is 1. The average molecular weight is 415 g/mol. The molecule has 1 aliphatic rings. The summed E-state index contributed by atoms with van der Waals surface area (Å²) in [6.07, 6.45) is 0.675. The van der Waals surface area contributed by atoms with Gasteiger partial charge in [-0.25, -0.2) is 9.18 Å². The van der Waals surface area contributed by atoms with E-state index in [0.717, 1.165) is 43.9 Å². The van der Waals surface area contributed by atoms with Gasteiger partial charge in [0.05, 0.1) is 13.2 Å². The molecule has 1 unspecified atom stereocenters. The van der Waals surface area contributed by atoms with Crippen molar-refractivity contribution in [2.24, 2.45) is 0 Å². The molecule has 1 fully saturated rings. The number of hydrogen-bond acceptors (Lipinski definition) is 5. The molecule has 0 aromatic heterocycles. The van der Waals surface area contributed by atoms with Gasteiger partial charge in [-0.05, 0) is 24.5 Å². The van der Waals surface area contributed by atoms with Crippen molar-refractivity contribution < 1.29 is 19.0 Å². The maximum Gasteiger partial charge on any atom is 0.348 e. The zero-order valence-electron chi connectivity index (χ0n) is 17.6. The first kappa shape index (κ1) is 22.4. The van der Waals surface area contributed by atoms with Crippen molar-refractivity contribution in [3.63, 3.8) is 0 Å². The molecule has 1 saturated heterocycles. The van der Waals surface area contributed by atoms with Crippen LogP contribution in [0.25, 0.3) is 11.1 Å². The molecule has 1 N–H and O–H groups in total. The summed E-state index contributed by atoms with van der Waals surface area (Å²) in [6, 6.07) is 16.8. The van der Waals surface area contributed by atoms with Crippen molar-refractivity contribution in [1.29, 1.82) is 0 Å². The van der Waals surface area contributed by atoms with Crippen molar-refractivity contribution in [2.75, 3.05) is 52.5 Å². The highest BCUT2D eigenvalue weighted by atomic mass is 19.1. The van der Waals surface area contributed by atoms with Crippen LogP contribution >= 0.6 is 0 Å². The lowest BCUT2D eigenvalue weighted by molar-refractivity contribution is -0.157. The Kier molecular flexibility index (Phi) is 7.96. The molecule has 2 aromatic rings. The molecule has 1 atom stereocenters. The molecule has 0 aliphatic carbocycles. The normalized spacial score (nSPS) is 17.4. The largest absolute Gasteiger partial charge is 0.463 e. The van der Waals surface area contributed by atoms with Crippen molar-refractivity contribution in [2.45, 2.75) is 19.0 Å². The molecule has 0 radical (unpaired) electrons. The van der Waals surface area contributed by atoms with Gasteiger partial charge in [0.25, 0.3) is 0 Å². The van der Waals surface area contributed by atoms with Gasteiger partial charge >= 0.3 is 5.97 Å². The van der Waals surface area contributed by atoms with Gasteiger partial charge in [0.15, 0.2) is 0 Å². The Balaban J connectivity index is 1.44. The lowest BCUT2D eigenvalue weighted by Crippen LogP contribution is -2.47. The topological polar surface area (TPSA) is 53.0 Å². The predicted molar refractivity (Wildman–Crippen MR) is 116 cm³/mol. The number of ether oxygens (including phenoxy) is 1. The molecule has 2 aromatic carbocycles. The number of carbonyl (C=O) groups excluding carboxylic acids is 1. The van der Waals surface area contributed by atoms with Crippen LogP contribution in [0.4, 0.5) is 4.39 Å². The Hall–Kier alpha value is -2.28. The number of carbonyl (C=O) groups is 1. The summed E-state index contributed by atoms with van der Waals surface area (Å²) in [6.45, 7) is 6.91. The van der Waals surface area contributed by atoms with Gasteiger partial charge in [-0.1, -0.05) is 54.6 Å². The van der Waals surface area contributed by atoms with Crippen molar-refractivity contribution in [1.82, 2.24) is 9.80 Å². The molecule has 1 heterocycles. The van der Waals surface area contributed by atoms with Crippen LogP contribution in [-0.2, 0) is 15.2 Å². The lowest BCUT2D eigenvalue weighted by atomic mass is 9.95. The molecule has 6 heteroatoms. The number of aliphatic hydroxyl groups is 1. The Morgan fingerprint density at radius 1 is 0.967 bits per heavy atom. The highest BCUT2D eigenvalue weighted by molar-refractivity contribution is 5.81. The van der Waals surface area contributed by atoms with Crippen molar-refractivity contribution in [3.8, 4) is 11.1 Å². The van der Waals surface area contributed by atoms with E-state index in [-0.39, 0.29) is 13.2 Å². The minimum absolute atomic E-state index is 0.187. The summed E-state index contributed by atoms with van der Waals surface area (Å²) in [4.78, 5) is 16.9. The molecule has 5 nitrogen and oxygen atoms in total. The Morgan fingerprint density at radius 3 is 2.13 bits per heavy atom. The maximum absolute atomic E-state index is 15.1. The Bertz CT molecular complexity index is 788. The zero-order valence-corrected chi connectivity index (χ0v) is 17.6. The Morgan fingerprint density at radius 2 is 1.53 bits per heavy atom. The van der Waals surface area contributed by atoms with Crippen LogP contribution in [0, 0.1) is 0 Å². The molecular formula is C24H31FN2O3. The van der Waals surface area contributed by atoms with Gasteiger partial charge in [-0.2, -0.15) is 0 Å². The van der Waals surface area contributed by atoms with E-state index >= 15 is 4.39 Å². The van der Waals surface area contributed by atoms with Crippen LogP contribution in [0.2, 0.25) is 0 Å². The second kappa shape index (κ2) is 10.7. The van der Waals surface area contributed by atoms with Crippen LogP contribution in [-0.4, -0.2) is 73.4 Å². The fourth-order valence-electron chi connectivity index (χ4n) is 3.69. The first-order chi connectivity index (χ1) is 14.5. The second-order valence-corrected chi connectivity index (χ2v) is 7.84. The average Bonchev–Trinajstić information content (AvgIpc) is 2.78. The number of nitrogens with zero attached hydrogens (tertiary/aromatic N) is 2. The van der Waals surface area contributed by atoms with Crippen LogP contribution in [0.15, 0.2) is 54.6 Å². The van der Waals surface area contributed by atoms with Gasteiger partial charge in [0.2, 0.25) is 5.67 Å². The van der Waals surface area contributed by atoms with Crippen molar-refractivity contribution >= 4 is 5.97 Å². The van der Waals surface area contributed by atoms with E-state index in [1.54, 1.807) is 12.1 Å². The van der Waals surface area contributed by atoms with Gasteiger partial charge in [0, 0.05) is 44.8 Å². The summed E-state index contributed by atoms with van der Waals surface area (Å²) in [5.41, 5.74) is 0.143. The smallest absolute Gasteiger partial charge is 0.348 e. The highest BCUT2D eigenvalue weighted by Crippen LogP contribution is 2.29. The molecular weight excluding hydrogens is 383 g/mol. The Labute approximate surface area is 178 Å². The number of β-amino-alcohol motifs (C(OH)–C–C–N with tert-alkyl or cyclic N) is 1. The molecule has 0 amide bonds. The molecule has 3 rings (SSSR count). The van der Waals surface area contributed by atoms with E-state index in [0.29, 0.717) is 18.5 Å². The molecule has 0 bridgehead atoms.